The van der Waals surface area contributed by atoms with Crippen molar-refractivity contribution in [2.75, 3.05) is 0 Å². The van der Waals surface area contributed by atoms with Gasteiger partial charge in [-0.2, -0.15) is 0 Å². The number of hydrogen-bond donors (Lipinski definition) is 0. The Morgan fingerprint density at radius 2 is 1.95 bits per heavy atom. The molecule has 0 heterocycles. The highest BCUT2D eigenvalue weighted by Gasteiger charge is 2.16. The third-order valence-electron chi connectivity index (χ3n) is 2.69. The van der Waals surface area contributed by atoms with E-state index in [1.54, 1.807) is 0 Å². The van der Waals surface area contributed by atoms with Crippen molar-refractivity contribution < 1.29 is 14.5 Å². The third-order valence-corrected chi connectivity index (χ3v) is 2.69. The highest BCUT2D eigenvalue weighted by Crippen LogP contribution is 2.15. The standard InChI is InChI=1S/C16H19NO4/c1-4-5-6-15(11-12(2)3)21-16(18)13-7-9-14(10-8-13)17(19)20/h7-10,12,15H,4,11H2,1-3H3. The average Bonchev–Trinajstić information content (AvgIpc) is 2.44. The number of rotatable bonds is 5. The summed E-state index contributed by atoms with van der Waals surface area (Å²) in [6, 6.07) is 5.35. The van der Waals surface area contributed by atoms with E-state index in [0.717, 1.165) is 0 Å². The van der Waals surface area contributed by atoms with Crippen LogP contribution in [-0.4, -0.2) is 17.0 Å². The number of nitro benzene ring substituents is 1. The van der Waals surface area contributed by atoms with Crippen LogP contribution in [0, 0.1) is 27.9 Å². The summed E-state index contributed by atoms with van der Waals surface area (Å²) < 4.78 is 5.37. The van der Waals surface area contributed by atoms with Crippen LogP contribution in [0.1, 0.15) is 44.0 Å². The Morgan fingerprint density at radius 3 is 2.43 bits per heavy atom. The van der Waals surface area contributed by atoms with Gasteiger partial charge in [0, 0.05) is 18.6 Å². The number of esters is 1. The molecule has 0 N–H and O–H groups in total. The second-order valence-corrected chi connectivity index (χ2v) is 5.00. The van der Waals surface area contributed by atoms with Crippen LogP contribution in [0.15, 0.2) is 24.3 Å². The molecular formula is C16H19NO4. The molecule has 21 heavy (non-hydrogen) atoms. The first-order chi connectivity index (χ1) is 9.93. The van der Waals surface area contributed by atoms with Crippen LogP contribution in [0.4, 0.5) is 5.69 Å². The van der Waals surface area contributed by atoms with Gasteiger partial charge in [0.1, 0.15) is 0 Å². The van der Waals surface area contributed by atoms with Crippen molar-refractivity contribution in [3.63, 3.8) is 0 Å². The minimum atomic E-state index is -0.513. The molecule has 0 aliphatic carbocycles. The average molecular weight is 289 g/mol. The van der Waals surface area contributed by atoms with Crippen molar-refractivity contribution in [1.82, 2.24) is 0 Å². The maximum atomic E-state index is 12.0. The highest BCUT2D eigenvalue weighted by atomic mass is 16.6. The second kappa shape index (κ2) is 8.05. The smallest absolute Gasteiger partial charge is 0.339 e. The second-order valence-electron chi connectivity index (χ2n) is 5.00. The molecule has 0 saturated carbocycles. The van der Waals surface area contributed by atoms with Gasteiger partial charge in [-0.3, -0.25) is 10.1 Å². The molecule has 0 fully saturated rings. The number of nitro groups is 1. The summed E-state index contributed by atoms with van der Waals surface area (Å²) in [4.78, 5) is 22.1. The van der Waals surface area contributed by atoms with Crippen molar-refractivity contribution in [3.8, 4) is 11.8 Å². The fourth-order valence-corrected chi connectivity index (χ4v) is 1.70. The summed E-state index contributed by atoms with van der Waals surface area (Å²) in [5.41, 5.74) is 0.226. The van der Waals surface area contributed by atoms with Crippen molar-refractivity contribution in [2.45, 2.75) is 39.7 Å². The largest absolute Gasteiger partial charge is 0.446 e. The van der Waals surface area contributed by atoms with Crippen LogP contribution in [0.5, 0.6) is 0 Å². The number of ether oxygens (including phenoxy) is 1. The molecule has 1 aromatic rings. The molecule has 0 aromatic heterocycles. The number of carbonyl (C=O) groups excluding carboxylic acids is 1. The molecule has 1 atom stereocenters. The van der Waals surface area contributed by atoms with Crippen LogP contribution in [0.2, 0.25) is 0 Å². The quantitative estimate of drug-likeness (QED) is 0.359. The van der Waals surface area contributed by atoms with Crippen LogP contribution >= 0.6 is 0 Å². The van der Waals surface area contributed by atoms with E-state index in [9.17, 15) is 14.9 Å². The maximum Gasteiger partial charge on any atom is 0.339 e. The van der Waals surface area contributed by atoms with Gasteiger partial charge in [-0.25, -0.2) is 4.79 Å². The topological polar surface area (TPSA) is 69.4 Å². The van der Waals surface area contributed by atoms with E-state index in [1.165, 1.54) is 24.3 Å². The predicted molar refractivity (Wildman–Crippen MR) is 79.8 cm³/mol. The highest BCUT2D eigenvalue weighted by molar-refractivity contribution is 5.89. The minimum absolute atomic E-state index is 0.0592. The van der Waals surface area contributed by atoms with Crippen LogP contribution in [0.25, 0.3) is 0 Å². The normalized spacial score (nSPS) is 11.4. The number of nitrogens with zero attached hydrogens (tertiary/aromatic N) is 1. The van der Waals surface area contributed by atoms with E-state index in [2.05, 4.69) is 11.8 Å². The van der Waals surface area contributed by atoms with Gasteiger partial charge >= 0.3 is 5.97 Å². The van der Waals surface area contributed by atoms with E-state index in [1.807, 2.05) is 20.8 Å². The molecule has 0 amide bonds. The van der Waals surface area contributed by atoms with Crippen LogP contribution < -0.4 is 0 Å². The van der Waals surface area contributed by atoms with Gasteiger partial charge in [-0.1, -0.05) is 32.6 Å². The van der Waals surface area contributed by atoms with E-state index >= 15 is 0 Å². The van der Waals surface area contributed by atoms with E-state index in [-0.39, 0.29) is 11.3 Å². The SMILES string of the molecule is CCC#CC(CC(C)C)OC(=O)c1ccc([N+](=O)[O-])cc1. The molecule has 0 saturated heterocycles. The number of benzene rings is 1. The lowest BCUT2D eigenvalue weighted by atomic mass is 10.1. The molecule has 1 rings (SSSR count). The molecule has 1 aromatic carbocycles. The summed E-state index contributed by atoms with van der Waals surface area (Å²) in [6.45, 7) is 5.98. The first-order valence-corrected chi connectivity index (χ1v) is 6.87. The Hall–Kier alpha value is -2.35. The van der Waals surface area contributed by atoms with Gasteiger partial charge in [0.2, 0.25) is 0 Å². The van der Waals surface area contributed by atoms with E-state index in [0.29, 0.717) is 18.8 Å². The zero-order valence-electron chi connectivity index (χ0n) is 12.5. The number of hydrogen-bond acceptors (Lipinski definition) is 4. The Labute approximate surface area is 124 Å². The molecule has 5 heteroatoms. The lowest BCUT2D eigenvalue weighted by Gasteiger charge is -2.14. The Balaban J connectivity index is 2.78. The monoisotopic (exact) mass is 289 g/mol. The summed E-state index contributed by atoms with van der Waals surface area (Å²) >= 11 is 0. The molecule has 5 nitrogen and oxygen atoms in total. The molecule has 0 aliphatic heterocycles. The van der Waals surface area contributed by atoms with Crippen molar-refractivity contribution in [1.29, 1.82) is 0 Å². The fraction of sp³-hybridized carbons (Fsp3) is 0.438. The Bertz CT molecular complexity index is 552. The predicted octanol–water partition coefficient (Wildman–Crippen LogP) is 3.58. The molecular weight excluding hydrogens is 270 g/mol. The van der Waals surface area contributed by atoms with Gasteiger partial charge in [0.25, 0.3) is 5.69 Å². The molecule has 0 aliphatic rings. The van der Waals surface area contributed by atoms with Gasteiger partial charge in [-0.05, 0) is 24.5 Å². The molecule has 1 unspecified atom stereocenters. The van der Waals surface area contributed by atoms with Crippen LogP contribution in [0.3, 0.4) is 0 Å². The first kappa shape index (κ1) is 16.7. The Morgan fingerprint density at radius 1 is 1.33 bits per heavy atom. The van der Waals surface area contributed by atoms with Gasteiger partial charge in [-0.15, -0.1) is 0 Å². The van der Waals surface area contributed by atoms with E-state index in [4.69, 9.17) is 4.74 Å². The van der Waals surface area contributed by atoms with E-state index < -0.39 is 17.0 Å². The van der Waals surface area contributed by atoms with Gasteiger partial charge < -0.3 is 4.74 Å². The molecule has 112 valence electrons. The summed E-state index contributed by atoms with van der Waals surface area (Å²) in [6.07, 6.45) is 0.905. The van der Waals surface area contributed by atoms with Crippen LogP contribution in [-0.2, 0) is 4.74 Å². The fourth-order valence-electron chi connectivity index (χ4n) is 1.70. The molecule has 0 spiro atoms. The zero-order valence-corrected chi connectivity index (χ0v) is 12.5. The van der Waals surface area contributed by atoms with Gasteiger partial charge in [0.15, 0.2) is 6.10 Å². The third kappa shape index (κ3) is 5.65. The Kier molecular flexibility index (Phi) is 6.41. The zero-order chi connectivity index (χ0) is 15.8. The minimum Gasteiger partial charge on any atom is -0.446 e. The molecule has 0 bridgehead atoms. The number of carbonyl (C=O) groups is 1. The van der Waals surface area contributed by atoms with Crippen molar-refractivity contribution in [3.05, 3.63) is 39.9 Å². The summed E-state index contributed by atoms with van der Waals surface area (Å²) in [5, 5.41) is 10.6. The summed E-state index contributed by atoms with van der Waals surface area (Å²) in [5.74, 6) is 5.69. The molecule has 0 radical (unpaired) electrons. The number of non-ortho nitro benzene ring substituents is 1. The van der Waals surface area contributed by atoms with Crippen molar-refractivity contribution in [2.24, 2.45) is 5.92 Å². The van der Waals surface area contributed by atoms with Gasteiger partial charge in [0.05, 0.1) is 10.5 Å². The lowest BCUT2D eigenvalue weighted by Crippen LogP contribution is -2.18. The maximum absolute atomic E-state index is 12.0. The van der Waals surface area contributed by atoms with Crippen molar-refractivity contribution >= 4 is 11.7 Å². The first-order valence-electron chi connectivity index (χ1n) is 6.87. The lowest BCUT2D eigenvalue weighted by molar-refractivity contribution is -0.384. The summed E-state index contributed by atoms with van der Waals surface area (Å²) in [7, 11) is 0.